The van der Waals surface area contributed by atoms with Crippen molar-refractivity contribution in [3.05, 3.63) is 33.3 Å². The Morgan fingerprint density at radius 3 is 2.89 bits per heavy atom. The summed E-state index contributed by atoms with van der Waals surface area (Å²) in [6.45, 7) is 1.61. The van der Waals surface area contributed by atoms with Crippen LogP contribution in [-0.4, -0.2) is 30.1 Å². The number of nitrogens with zero attached hydrogens (tertiary/aromatic N) is 2. The quantitative estimate of drug-likeness (QED) is 0.669. The Hall–Kier alpha value is -1.33. The van der Waals surface area contributed by atoms with Crippen molar-refractivity contribution >= 4 is 23.0 Å². The van der Waals surface area contributed by atoms with Crippen LogP contribution < -0.4 is 10.2 Å². The van der Waals surface area contributed by atoms with Gasteiger partial charge in [0.1, 0.15) is 5.69 Å². The Morgan fingerprint density at radius 2 is 2.11 bits per heavy atom. The summed E-state index contributed by atoms with van der Waals surface area (Å²) >= 11 is 6.20. The second-order valence-corrected chi connectivity index (χ2v) is 5.64. The summed E-state index contributed by atoms with van der Waals surface area (Å²) in [5.41, 5.74) is 0.675. The molecule has 1 aromatic rings. The number of hydrogen-bond acceptors (Lipinski definition) is 4. The summed E-state index contributed by atoms with van der Waals surface area (Å²) in [5, 5.41) is 15.2. The molecule has 2 bridgehead atoms. The van der Waals surface area contributed by atoms with Crippen molar-refractivity contribution in [1.29, 1.82) is 0 Å². The Kier molecular flexibility index (Phi) is 3.33. The summed E-state index contributed by atoms with van der Waals surface area (Å²) in [6, 6.07) is 5.85. The SMILES string of the molecule is O=[N+]([O-])c1cccc(Cl)c1N1CCC2CCC(C1)N2. The van der Waals surface area contributed by atoms with Crippen LogP contribution >= 0.6 is 11.6 Å². The number of anilines is 1. The van der Waals surface area contributed by atoms with Crippen molar-refractivity contribution in [2.24, 2.45) is 0 Å². The molecule has 1 N–H and O–H groups in total. The molecule has 0 saturated carbocycles. The standard InChI is InChI=1S/C13H16ClN3O2/c14-11-2-1-3-12(17(18)19)13(11)16-7-6-9-4-5-10(8-16)15-9/h1-3,9-10,15H,4-8H2. The van der Waals surface area contributed by atoms with Crippen molar-refractivity contribution in [3.63, 3.8) is 0 Å². The number of benzene rings is 1. The highest BCUT2D eigenvalue weighted by molar-refractivity contribution is 6.33. The lowest BCUT2D eigenvalue weighted by Crippen LogP contribution is -2.35. The van der Waals surface area contributed by atoms with Crippen LogP contribution in [-0.2, 0) is 0 Å². The van der Waals surface area contributed by atoms with Gasteiger partial charge in [0, 0.05) is 31.2 Å². The molecule has 2 aliphatic rings. The molecule has 2 saturated heterocycles. The topological polar surface area (TPSA) is 58.4 Å². The van der Waals surface area contributed by atoms with Crippen molar-refractivity contribution in [2.75, 3.05) is 18.0 Å². The van der Waals surface area contributed by atoms with Gasteiger partial charge in [-0.25, -0.2) is 0 Å². The van der Waals surface area contributed by atoms with Crippen LogP contribution in [0.4, 0.5) is 11.4 Å². The van der Waals surface area contributed by atoms with Gasteiger partial charge in [-0.3, -0.25) is 10.1 Å². The number of halogens is 1. The molecule has 3 rings (SSSR count). The van der Waals surface area contributed by atoms with Crippen molar-refractivity contribution in [3.8, 4) is 0 Å². The molecule has 2 heterocycles. The monoisotopic (exact) mass is 281 g/mol. The summed E-state index contributed by atoms with van der Waals surface area (Å²) in [7, 11) is 0. The maximum Gasteiger partial charge on any atom is 0.294 e. The first-order valence-electron chi connectivity index (χ1n) is 6.59. The predicted octanol–water partition coefficient (Wildman–Crippen LogP) is 2.58. The van der Waals surface area contributed by atoms with Gasteiger partial charge in [0.15, 0.2) is 0 Å². The van der Waals surface area contributed by atoms with Crippen LogP contribution in [0.3, 0.4) is 0 Å². The van der Waals surface area contributed by atoms with Crippen molar-refractivity contribution in [2.45, 2.75) is 31.3 Å². The van der Waals surface area contributed by atoms with E-state index in [9.17, 15) is 10.1 Å². The van der Waals surface area contributed by atoms with Crippen LogP contribution in [0.2, 0.25) is 5.02 Å². The zero-order valence-corrected chi connectivity index (χ0v) is 11.3. The lowest BCUT2D eigenvalue weighted by atomic mass is 10.1. The molecule has 102 valence electrons. The van der Waals surface area contributed by atoms with E-state index in [2.05, 4.69) is 10.2 Å². The minimum atomic E-state index is -0.349. The van der Waals surface area contributed by atoms with Gasteiger partial charge in [0.2, 0.25) is 0 Å². The third-order valence-corrected chi connectivity index (χ3v) is 4.31. The number of para-hydroxylation sites is 1. The van der Waals surface area contributed by atoms with Crippen LogP contribution in [0.1, 0.15) is 19.3 Å². The normalized spacial score (nSPS) is 26.3. The largest absolute Gasteiger partial charge is 0.363 e. The van der Waals surface area contributed by atoms with E-state index in [1.165, 1.54) is 12.5 Å². The van der Waals surface area contributed by atoms with Gasteiger partial charge in [-0.05, 0) is 25.3 Å². The Balaban J connectivity index is 1.95. The first-order valence-corrected chi connectivity index (χ1v) is 6.97. The van der Waals surface area contributed by atoms with E-state index < -0.39 is 0 Å². The molecule has 2 fully saturated rings. The molecule has 0 aliphatic carbocycles. The molecule has 6 heteroatoms. The highest BCUT2D eigenvalue weighted by Crippen LogP contribution is 2.37. The number of nitrogens with one attached hydrogen (secondary N) is 1. The molecule has 0 amide bonds. The van der Waals surface area contributed by atoms with Crippen molar-refractivity contribution in [1.82, 2.24) is 5.32 Å². The minimum absolute atomic E-state index is 0.102. The Bertz CT molecular complexity index is 509. The molecular formula is C13H16ClN3O2. The molecule has 0 aromatic heterocycles. The van der Waals surface area contributed by atoms with Crippen LogP contribution in [0, 0.1) is 10.1 Å². The fraction of sp³-hybridized carbons (Fsp3) is 0.538. The Labute approximate surface area is 116 Å². The average Bonchev–Trinajstić information content (AvgIpc) is 2.70. The van der Waals surface area contributed by atoms with Gasteiger partial charge in [0.05, 0.1) is 9.95 Å². The maximum absolute atomic E-state index is 11.2. The van der Waals surface area contributed by atoms with E-state index in [-0.39, 0.29) is 10.6 Å². The number of hydrogen-bond donors (Lipinski definition) is 1. The van der Waals surface area contributed by atoms with Gasteiger partial charge in [-0.15, -0.1) is 0 Å². The number of fused-ring (bicyclic) bond motifs is 2. The Morgan fingerprint density at radius 1 is 1.32 bits per heavy atom. The molecule has 1 aromatic carbocycles. The van der Waals surface area contributed by atoms with Gasteiger partial charge >= 0.3 is 0 Å². The van der Waals surface area contributed by atoms with E-state index in [0.717, 1.165) is 25.9 Å². The van der Waals surface area contributed by atoms with E-state index in [4.69, 9.17) is 11.6 Å². The number of nitro groups is 1. The van der Waals surface area contributed by atoms with Gasteiger partial charge < -0.3 is 10.2 Å². The number of nitro benzene ring substituents is 1. The molecule has 2 atom stereocenters. The molecule has 0 radical (unpaired) electrons. The minimum Gasteiger partial charge on any atom is -0.363 e. The van der Waals surface area contributed by atoms with Crippen LogP contribution in [0.5, 0.6) is 0 Å². The first kappa shape index (κ1) is 12.7. The van der Waals surface area contributed by atoms with Gasteiger partial charge in [-0.1, -0.05) is 17.7 Å². The lowest BCUT2D eigenvalue weighted by Gasteiger charge is -2.26. The third kappa shape index (κ3) is 2.40. The van der Waals surface area contributed by atoms with Gasteiger partial charge in [-0.2, -0.15) is 0 Å². The smallest absolute Gasteiger partial charge is 0.294 e. The molecular weight excluding hydrogens is 266 g/mol. The van der Waals surface area contributed by atoms with E-state index in [1.807, 2.05) is 0 Å². The lowest BCUT2D eigenvalue weighted by molar-refractivity contribution is -0.384. The summed E-state index contributed by atoms with van der Waals surface area (Å²) in [4.78, 5) is 12.9. The summed E-state index contributed by atoms with van der Waals surface area (Å²) in [6.07, 6.45) is 3.36. The highest BCUT2D eigenvalue weighted by atomic mass is 35.5. The maximum atomic E-state index is 11.2. The fourth-order valence-electron chi connectivity index (χ4n) is 3.11. The highest BCUT2D eigenvalue weighted by Gasteiger charge is 2.32. The van der Waals surface area contributed by atoms with Crippen LogP contribution in [0.15, 0.2) is 18.2 Å². The first-order chi connectivity index (χ1) is 9.15. The third-order valence-electron chi connectivity index (χ3n) is 4.00. The molecule has 19 heavy (non-hydrogen) atoms. The molecule has 2 unspecified atom stereocenters. The second kappa shape index (κ2) is 4.98. The van der Waals surface area contributed by atoms with Crippen molar-refractivity contribution < 1.29 is 4.92 Å². The molecule has 2 aliphatic heterocycles. The van der Waals surface area contributed by atoms with E-state index in [1.54, 1.807) is 12.1 Å². The zero-order valence-electron chi connectivity index (χ0n) is 10.5. The predicted molar refractivity (Wildman–Crippen MR) is 74.9 cm³/mol. The van der Waals surface area contributed by atoms with E-state index in [0.29, 0.717) is 22.8 Å². The fourth-order valence-corrected chi connectivity index (χ4v) is 3.40. The van der Waals surface area contributed by atoms with E-state index >= 15 is 0 Å². The number of rotatable bonds is 2. The summed E-state index contributed by atoms with van der Waals surface area (Å²) in [5.74, 6) is 0. The molecule has 0 spiro atoms. The van der Waals surface area contributed by atoms with Crippen LogP contribution in [0.25, 0.3) is 0 Å². The second-order valence-electron chi connectivity index (χ2n) is 5.24. The summed E-state index contributed by atoms with van der Waals surface area (Å²) < 4.78 is 0. The van der Waals surface area contributed by atoms with Gasteiger partial charge in [0.25, 0.3) is 5.69 Å². The average molecular weight is 282 g/mol. The zero-order chi connectivity index (χ0) is 13.4. The molecule has 5 nitrogen and oxygen atoms in total.